The molecule has 2 rings (SSSR count). The molecule has 1 atom stereocenters. The summed E-state index contributed by atoms with van der Waals surface area (Å²) in [6, 6.07) is 8.20. The fraction of sp³-hybridized carbons (Fsp3) is 0.308. The van der Waals surface area contributed by atoms with Crippen LogP contribution < -0.4 is 5.32 Å². The van der Waals surface area contributed by atoms with E-state index in [4.69, 9.17) is 4.42 Å². The molecule has 1 unspecified atom stereocenters. The van der Waals surface area contributed by atoms with Crippen LogP contribution in [0.25, 0.3) is 0 Å². The number of aryl methyl sites for hydroxylation is 1. The van der Waals surface area contributed by atoms with Gasteiger partial charge in [0, 0.05) is 18.7 Å². The number of nitrogens with one attached hydrogen (secondary N) is 1. The van der Waals surface area contributed by atoms with Crippen molar-refractivity contribution in [2.75, 3.05) is 5.32 Å². The topological polar surface area (TPSA) is 38.1 Å². The van der Waals surface area contributed by atoms with Gasteiger partial charge in [-0.2, -0.15) is 0 Å². The van der Waals surface area contributed by atoms with Crippen LogP contribution in [0, 0.1) is 6.92 Å². The fourth-order valence-corrected chi connectivity index (χ4v) is 1.65. The molecule has 0 bridgehead atoms. The number of hydrogen-bond acceptors (Lipinski definition) is 3. The van der Waals surface area contributed by atoms with Gasteiger partial charge in [0.2, 0.25) is 0 Å². The highest BCUT2D eigenvalue weighted by atomic mass is 16.3. The standard InChI is InChI=1S/C13H16N2O/c1-10-5-3-7-14-13(10)15-11(2)9-12-6-4-8-16-12/h3-8,11H,9H2,1-2H3,(H,14,15). The summed E-state index contributed by atoms with van der Waals surface area (Å²) in [6.07, 6.45) is 4.37. The van der Waals surface area contributed by atoms with Crippen molar-refractivity contribution in [3.8, 4) is 0 Å². The third-order valence-corrected chi connectivity index (χ3v) is 2.48. The maximum atomic E-state index is 5.31. The Morgan fingerprint density at radius 2 is 2.25 bits per heavy atom. The van der Waals surface area contributed by atoms with Crippen LogP contribution in [0.3, 0.4) is 0 Å². The van der Waals surface area contributed by atoms with Gasteiger partial charge in [0.25, 0.3) is 0 Å². The number of furan rings is 1. The Bertz CT molecular complexity index is 437. The smallest absolute Gasteiger partial charge is 0.129 e. The highest BCUT2D eigenvalue weighted by molar-refractivity contribution is 5.43. The van der Waals surface area contributed by atoms with E-state index in [1.165, 1.54) is 0 Å². The third kappa shape index (κ3) is 2.63. The molecular weight excluding hydrogens is 200 g/mol. The Kier molecular flexibility index (Phi) is 3.25. The van der Waals surface area contributed by atoms with Crippen molar-refractivity contribution in [2.45, 2.75) is 26.3 Å². The van der Waals surface area contributed by atoms with E-state index >= 15 is 0 Å². The van der Waals surface area contributed by atoms with Crippen LogP contribution in [-0.2, 0) is 6.42 Å². The lowest BCUT2D eigenvalue weighted by atomic mass is 10.2. The fourth-order valence-electron chi connectivity index (χ4n) is 1.65. The Hall–Kier alpha value is -1.77. The van der Waals surface area contributed by atoms with Crippen LogP contribution in [0.2, 0.25) is 0 Å². The summed E-state index contributed by atoms with van der Waals surface area (Å²) in [7, 11) is 0. The monoisotopic (exact) mass is 216 g/mol. The second kappa shape index (κ2) is 4.84. The zero-order chi connectivity index (χ0) is 11.4. The van der Waals surface area contributed by atoms with E-state index in [0.717, 1.165) is 23.6 Å². The minimum absolute atomic E-state index is 0.305. The van der Waals surface area contributed by atoms with Gasteiger partial charge in [-0.25, -0.2) is 4.98 Å². The van der Waals surface area contributed by atoms with Crippen molar-refractivity contribution in [2.24, 2.45) is 0 Å². The first-order chi connectivity index (χ1) is 7.75. The van der Waals surface area contributed by atoms with Gasteiger partial charge >= 0.3 is 0 Å². The highest BCUT2D eigenvalue weighted by Crippen LogP contribution is 2.13. The van der Waals surface area contributed by atoms with E-state index in [1.807, 2.05) is 18.2 Å². The molecular formula is C13H16N2O. The van der Waals surface area contributed by atoms with Crippen LogP contribution in [0.4, 0.5) is 5.82 Å². The summed E-state index contributed by atoms with van der Waals surface area (Å²) < 4.78 is 5.31. The number of pyridine rings is 1. The van der Waals surface area contributed by atoms with Crippen molar-refractivity contribution in [3.63, 3.8) is 0 Å². The molecule has 0 aliphatic rings. The zero-order valence-corrected chi connectivity index (χ0v) is 9.60. The molecule has 0 fully saturated rings. The van der Waals surface area contributed by atoms with Gasteiger partial charge in [0.05, 0.1) is 6.26 Å². The van der Waals surface area contributed by atoms with E-state index in [2.05, 4.69) is 30.2 Å². The van der Waals surface area contributed by atoms with E-state index < -0.39 is 0 Å². The molecule has 0 saturated heterocycles. The Morgan fingerprint density at radius 3 is 2.94 bits per heavy atom. The summed E-state index contributed by atoms with van der Waals surface area (Å²) in [6.45, 7) is 4.17. The lowest BCUT2D eigenvalue weighted by Crippen LogP contribution is -2.19. The number of anilines is 1. The van der Waals surface area contributed by atoms with Gasteiger partial charge < -0.3 is 9.73 Å². The predicted molar refractivity (Wildman–Crippen MR) is 64.5 cm³/mol. The third-order valence-electron chi connectivity index (χ3n) is 2.48. The van der Waals surface area contributed by atoms with Gasteiger partial charge in [-0.3, -0.25) is 0 Å². The Labute approximate surface area is 95.5 Å². The highest BCUT2D eigenvalue weighted by Gasteiger charge is 2.07. The number of hydrogen-bond donors (Lipinski definition) is 1. The van der Waals surface area contributed by atoms with Gasteiger partial charge in [-0.1, -0.05) is 6.07 Å². The summed E-state index contributed by atoms with van der Waals surface area (Å²) in [5, 5.41) is 3.38. The maximum Gasteiger partial charge on any atom is 0.129 e. The molecule has 0 saturated carbocycles. The summed E-state index contributed by atoms with van der Waals surface area (Å²) in [4.78, 5) is 4.31. The molecule has 0 aliphatic carbocycles. The summed E-state index contributed by atoms with van der Waals surface area (Å²) in [5.41, 5.74) is 1.16. The molecule has 3 heteroatoms. The number of aromatic nitrogens is 1. The van der Waals surface area contributed by atoms with Crippen molar-refractivity contribution >= 4 is 5.82 Å². The first-order valence-electron chi connectivity index (χ1n) is 5.46. The molecule has 2 heterocycles. The van der Waals surface area contributed by atoms with Crippen LogP contribution in [0.15, 0.2) is 41.1 Å². The quantitative estimate of drug-likeness (QED) is 0.853. The Balaban J connectivity index is 1.97. The van der Waals surface area contributed by atoms with E-state index in [-0.39, 0.29) is 0 Å². The number of rotatable bonds is 4. The second-order valence-electron chi connectivity index (χ2n) is 4.00. The first-order valence-corrected chi connectivity index (χ1v) is 5.46. The lowest BCUT2D eigenvalue weighted by molar-refractivity contribution is 0.497. The number of nitrogens with zero attached hydrogens (tertiary/aromatic N) is 1. The Morgan fingerprint density at radius 1 is 1.38 bits per heavy atom. The molecule has 0 spiro atoms. The molecule has 2 aromatic rings. The second-order valence-corrected chi connectivity index (χ2v) is 4.00. The average molecular weight is 216 g/mol. The van der Waals surface area contributed by atoms with Gasteiger partial charge in [-0.05, 0) is 37.6 Å². The average Bonchev–Trinajstić information content (AvgIpc) is 2.74. The normalized spacial score (nSPS) is 12.4. The molecule has 3 nitrogen and oxygen atoms in total. The van der Waals surface area contributed by atoms with Gasteiger partial charge in [0.1, 0.15) is 11.6 Å². The van der Waals surface area contributed by atoms with Crippen molar-refractivity contribution < 1.29 is 4.42 Å². The molecule has 0 amide bonds. The predicted octanol–water partition coefficient (Wildman–Crippen LogP) is 3.03. The summed E-state index contributed by atoms with van der Waals surface area (Å²) >= 11 is 0. The molecule has 0 aliphatic heterocycles. The largest absolute Gasteiger partial charge is 0.469 e. The van der Waals surface area contributed by atoms with Crippen LogP contribution in [0.1, 0.15) is 18.2 Å². The molecule has 2 aromatic heterocycles. The molecule has 84 valence electrons. The summed E-state index contributed by atoms with van der Waals surface area (Å²) in [5.74, 6) is 1.94. The first kappa shape index (κ1) is 10.7. The van der Waals surface area contributed by atoms with Crippen molar-refractivity contribution in [3.05, 3.63) is 48.0 Å². The van der Waals surface area contributed by atoms with Gasteiger partial charge in [0.15, 0.2) is 0 Å². The zero-order valence-electron chi connectivity index (χ0n) is 9.60. The van der Waals surface area contributed by atoms with Crippen molar-refractivity contribution in [1.29, 1.82) is 0 Å². The maximum absolute atomic E-state index is 5.31. The molecule has 0 aromatic carbocycles. The van der Waals surface area contributed by atoms with Crippen molar-refractivity contribution in [1.82, 2.24) is 4.98 Å². The lowest BCUT2D eigenvalue weighted by Gasteiger charge is -2.14. The van der Waals surface area contributed by atoms with E-state index in [9.17, 15) is 0 Å². The molecule has 16 heavy (non-hydrogen) atoms. The minimum Gasteiger partial charge on any atom is -0.469 e. The van der Waals surface area contributed by atoms with Crippen LogP contribution >= 0.6 is 0 Å². The van der Waals surface area contributed by atoms with Crippen LogP contribution in [0.5, 0.6) is 0 Å². The molecule has 0 radical (unpaired) electrons. The SMILES string of the molecule is Cc1cccnc1NC(C)Cc1ccco1. The van der Waals surface area contributed by atoms with Crippen LogP contribution in [-0.4, -0.2) is 11.0 Å². The van der Waals surface area contributed by atoms with E-state index in [1.54, 1.807) is 12.5 Å². The molecule has 1 N–H and O–H groups in total. The van der Waals surface area contributed by atoms with Gasteiger partial charge in [-0.15, -0.1) is 0 Å². The minimum atomic E-state index is 0.305. The van der Waals surface area contributed by atoms with E-state index in [0.29, 0.717) is 6.04 Å².